The third-order valence-corrected chi connectivity index (χ3v) is 6.69. The van der Waals surface area contributed by atoms with Gasteiger partial charge in [-0.3, -0.25) is 9.69 Å². The summed E-state index contributed by atoms with van der Waals surface area (Å²) in [4.78, 5) is 17.1. The fourth-order valence-electron chi connectivity index (χ4n) is 4.64. The molecule has 3 heterocycles. The Kier molecular flexibility index (Phi) is 4.84. The van der Waals surface area contributed by atoms with Crippen LogP contribution < -0.4 is 5.32 Å². The van der Waals surface area contributed by atoms with Crippen LogP contribution in [0.3, 0.4) is 0 Å². The van der Waals surface area contributed by atoms with Gasteiger partial charge in [-0.15, -0.1) is 0 Å². The van der Waals surface area contributed by atoms with E-state index in [1.54, 1.807) is 12.1 Å². The molecule has 1 aromatic carbocycles. The summed E-state index contributed by atoms with van der Waals surface area (Å²) in [6.45, 7) is 4.62. The van der Waals surface area contributed by atoms with E-state index in [2.05, 4.69) is 10.2 Å². The Morgan fingerprint density at radius 1 is 1.12 bits per heavy atom. The molecular weight excluding hydrogens is 361 g/mol. The van der Waals surface area contributed by atoms with Crippen LogP contribution >= 0.6 is 23.2 Å². The van der Waals surface area contributed by atoms with E-state index in [4.69, 9.17) is 23.2 Å². The Bertz CT molecular complexity index is 679. The molecule has 1 aromatic rings. The maximum atomic E-state index is 12.7. The number of piperidine rings is 1. The molecule has 0 aromatic heterocycles. The molecule has 5 nitrogen and oxygen atoms in total. The maximum Gasteiger partial charge on any atom is 0.224 e. The summed E-state index contributed by atoms with van der Waals surface area (Å²) in [7, 11) is 0. The number of carbonyl (C=O) groups is 1. The Morgan fingerprint density at radius 3 is 2.64 bits per heavy atom. The van der Waals surface area contributed by atoms with E-state index in [-0.39, 0.29) is 23.6 Å². The van der Waals surface area contributed by atoms with Gasteiger partial charge in [0.05, 0.1) is 10.0 Å². The normalized spacial score (nSPS) is 30.6. The van der Waals surface area contributed by atoms with Crippen LogP contribution in [0.2, 0.25) is 10.0 Å². The van der Waals surface area contributed by atoms with E-state index in [0.717, 1.165) is 39.0 Å². The molecule has 0 unspecified atom stereocenters. The standard InChI is InChI=1S/C18H23Cl2N3O2/c19-14-1-2-15(24)17(18(14)20)11-7-13-8-12(9-16(25)23(13)10-11)22-5-3-21-4-6-22/h1-2,11-13,21,24H,3-10H2/t11-,12-,13-/m0/s1. The smallest absolute Gasteiger partial charge is 0.224 e. The van der Waals surface area contributed by atoms with E-state index in [1.807, 2.05) is 4.90 Å². The maximum absolute atomic E-state index is 12.7. The molecule has 4 rings (SSSR count). The number of fused-ring (bicyclic) bond motifs is 1. The van der Waals surface area contributed by atoms with Crippen LogP contribution in [0.5, 0.6) is 5.75 Å². The predicted molar refractivity (Wildman–Crippen MR) is 98.5 cm³/mol. The van der Waals surface area contributed by atoms with E-state index in [9.17, 15) is 9.90 Å². The number of phenols is 1. The van der Waals surface area contributed by atoms with Crippen molar-refractivity contribution < 1.29 is 9.90 Å². The van der Waals surface area contributed by atoms with Crippen LogP contribution in [-0.2, 0) is 4.79 Å². The Balaban J connectivity index is 1.53. The van der Waals surface area contributed by atoms with Crippen molar-refractivity contribution in [2.45, 2.75) is 37.3 Å². The number of benzene rings is 1. The van der Waals surface area contributed by atoms with Crippen LogP contribution in [0.4, 0.5) is 0 Å². The summed E-state index contributed by atoms with van der Waals surface area (Å²) >= 11 is 12.5. The Hall–Kier alpha value is -1.01. The number of carbonyl (C=O) groups excluding carboxylic acids is 1. The highest BCUT2D eigenvalue weighted by Crippen LogP contribution is 2.45. The number of aromatic hydroxyl groups is 1. The second kappa shape index (κ2) is 6.95. The molecule has 0 spiro atoms. The lowest BCUT2D eigenvalue weighted by Crippen LogP contribution is -2.54. The quantitative estimate of drug-likeness (QED) is 0.823. The SMILES string of the molecule is O=C1C[C@@H](N2CCNCC2)C[C@@H]2C[C@H](c3c(O)ccc(Cl)c3Cl)CN12. The molecule has 3 atom stereocenters. The third kappa shape index (κ3) is 3.23. The minimum absolute atomic E-state index is 0.0434. The van der Waals surface area contributed by atoms with Crippen LogP contribution in [-0.4, -0.2) is 65.6 Å². The topological polar surface area (TPSA) is 55.8 Å². The van der Waals surface area contributed by atoms with E-state index >= 15 is 0 Å². The number of hydrogen-bond donors (Lipinski definition) is 2. The van der Waals surface area contributed by atoms with Gasteiger partial charge in [-0.25, -0.2) is 0 Å². The Morgan fingerprint density at radius 2 is 1.88 bits per heavy atom. The summed E-state index contributed by atoms with van der Waals surface area (Å²) in [6.07, 6.45) is 2.43. The van der Waals surface area contributed by atoms with Gasteiger partial charge in [0.2, 0.25) is 5.91 Å². The molecule has 3 aliphatic rings. The average Bonchev–Trinajstić information content (AvgIpc) is 3.03. The zero-order valence-corrected chi connectivity index (χ0v) is 15.6. The molecule has 3 saturated heterocycles. The van der Waals surface area contributed by atoms with Crippen molar-refractivity contribution in [1.82, 2.24) is 15.1 Å². The van der Waals surface area contributed by atoms with Gasteiger partial charge in [0.25, 0.3) is 0 Å². The van der Waals surface area contributed by atoms with Crippen LogP contribution in [0.25, 0.3) is 0 Å². The molecular formula is C18H23Cl2N3O2. The number of rotatable bonds is 2. The number of nitrogens with one attached hydrogen (secondary N) is 1. The van der Waals surface area contributed by atoms with Gasteiger partial charge in [0.15, 0.2) is 0 Å². The van der Waals surface area contributed by atoms with Crippen molar-refractivity contribution in [3.05, 3.63) is 27.7 Å². The van der Waals surface area contributed by atoms with Crippen LogP contribution in [0.15, 0.2) is 12.1 Å². The predicted octanol–water partition coefficient (Wildman–Crippen LogP) is 2.45. The van der Waals surface area contributed by atoms with Gasteiger partial charge in [0, 0.05) is 62.7 Å². The van der Waals surface area contributed by atoms with Crippen molar-refractivity contribution in [3.63, 3.8) is 0 Å². The van der Waals surface area contributed by atoms with Crippen LogP contribution in [0, 0.1) is 0 Å². The molecule has 0 radical (unpaired) electrons. The lowest BCUT2D eigenvalue weighted by atomic mass is 9.91. The Labute approximate surface area is 157 Å². The fourth-order valence-corrected chi connectivity index (χ4v) is 5.12. The molecule has 7 heteroatoms. The molecule has 3 fully saturated rings. The summed E-state index contributed by atoms with van der Waals surface area (Å²) in [6, 6.07) is 3.75. The fraction of sp³-hybridized carbons (Fsp3) is 0.611. The molecule has 25 heavy (non-hydrogen) atoms. The summed E-state index contributed by atoms with van der Waals surface area (Å²) in [5.74, 6) is 0.437. The van der Waals surface area contributed by atoms with Crippen molar-refractivity contribution in [1.29, 1.82) is 0 Å². The summed E-state index contributed by atoms with van der Waals surface area (Å²) in [5, 5.41) is 14.5. The van der Waals surface area contributed by atoms with Crippen LogP contribution in [0.1, 0.15) is 30.7 Å². The monoisotopic (exact) mass is 383 g/mol. The first-order valence-corrected chi connectivity index (χ1v) is 9.71. The van der Waals surface area contributed by atoms with Gasteiger partial charge in [0.1, 0.15) is 5.75 Å². The lowest BCUT2D eigenvalue weighted by molar-refractivity contribution is -0.137. The molecule has 2 N–H and O–H groups in total. The van der Waals surface area contributed by atoms with Crippen molar-refractivity contribution in [2.24, 2.45) is 0 Å². The highest BCUT2D eigenvalue weighted by molar-refractivity contribution is 6.42. The van der Waals surface area contributed by atoms with Crippen molar-refractivity contribution >= 4 is 29.1 Å². The molecule has 3 aliphatic heterocycles. The minimum Gasteiger partial charge on any atom is -0.508 e. The third-order valence-electron chi connectivity index (χ3n) is 5.88. The number of piperazine rings is 1. The summed E-state index contributed by atoms with van der Waals surface area (Å²) < 4.78 is 0. The number of hydrogen-bond acceptors (Lipinski definition) is 4. The highest BCUT2D eigenvalue weighted by Gasteiger charge is 2.43. The van der Waals surface area contributed by atoms with Crippen molar-refractivity contribution in [2.75, 3.05) is 32.7 Å². The average molecular weight is 384 g/mol. The van der Waals surface area contributed by atoms with E-state index < -0.39 is 0 Å². The highest BCUT2D eigenvalue weighted by atomic mass is 35.5. The van der Waals surface area contributed by atoms with Gasteiger partial charge < -0.3 is 15.3 Å². The zero-order chi connectivity index (χ0) is 17.6. The number of phenolic OH excluding ortho intramolecular Hbond substituents is 1. The zero-order valence-electron chi connectivity index (χ0n) is 14.0. The molecule has 0 aliphatic carbocycles. The second-order valence-corrected chi connectivity index (χ2v) is 8.09. The number of halogens is 2. The van der Waals surface area contributed by atoms with Gasteiger partial charge in [-0.05, 0) is 25.0 Å². The summed E-state index contributed by atoms with van der Waals surface area (Å²) in [5.41, 5.74) is 0.690. The van der Waals surface area contributed by atoms with Gasteiger partial charge in [-0.2, -0.15) is 0 Å². The number of amides is 1. The second-order valence-electron chi connectivity index (χ2n) is 7.31. The van der Waals surface area contributed by atoms with Gasteiger partial charge in [-0.1, -0.05) is 23.2 Å². The largest absolute Gasteiger partial charge is 0.508 e. The van der Waals surface area contributed by atoms with Gasteiger partial charge >= 0.3 is 0 Å². The van der Waals surface area contributed by atoms with E-state index in [0.29, 0.717) is 34.6 Å². The van der Waals surface area contributed by atoms with E-state index in [1.165, 1.54) is 0 Å². The molecule has 136 valence electrons. The number of nitrogens with zero attached hydrogens (tertiary/aromatic N) is 2. The van der Waals surface area contributed by atoms with Crippen molar-refractivity contribution in [3.8, 4) is 5.75 Å². The minimum atomic E-state index is 0.0434. The molecule has 0 bridgehead atoms. The first kappa shape index (κ1) is 17.4. The first-order valence-electron chi connectivity index (χ1n) is 8.95. The first-order chi connectivity index (χ1) is 12.0. The lowest BCUT2D eigenvalue weighted by Gasteiger charge is -2.41. The molecule has 1 amide bonds. The molecule has 0 saturated carbocycles.